The van der Waals surface area contributed by atoms with Crippen molar-refractivity contribution in [2.45, 2.75) is 27.7 Å². The topological polar surface area (TPSA) is 48.7 Å². The van der Waals surface area contributed by atoms with Crippen LogP contribution in [0.15, 0.2) is 56.8 Å². The molecule has 0 fully saturated rings. The molecular formula is C19H22O4. The van der Waals surface area contributed by atoms with Gasteiger partial charge in [0, 0.05) is 17.5 Å². The van der Waals surface area contributed by atoms with Gasteiger partial charge < -0.3 is 13.9 Å². The number of rotatable bonds is 6. The van der Waals surface area contributed by atoms with Gasteiger partial charge in [-0.05, 0) is 52.0 Å². The fourth-order valence-electron chi connectivity index (χ4n) is 1.90. The first-order valence-electron chi connectivity index (χ1n) is 7.56. The van der Waals surface area contributed by atoms with Gasteiger partial charge in [0.2, 0.25) is 0 Å². The zero-order valence-corrected chi connectivity index (χ0v) is 14.0. The Morgan fingerprint density at radius 3 is 2.09 bits per heavy atom. The van der Waals surface area contributed by atoms with Gasteiger partial charge in [-0.2, -0.15) is 0 Å². The Labute approximate surface area is 136 Å². The summed E-state index contributed by atoms with van der Waals surface area (Å²) in [6.07, 6.45) is 3.97. The average molecular weight is 314 g/mol. The van der Waals surface area contributed by atoms with Crippen LogP contribution in [0.4, 0.5) is 0 Å². The zero-order chi connectivity index (χ0) is 16.8. The van der Waals surface area contributed by atoms with Crippen LogP contribution in [0.5, 0.6) is 11.5 Å². The number of fused-ring (bicyclic) bond motifs is 1. The van der Waals surface area contributed by atoms with Gasteiger partial charge in [-0.3, -0.25) is 0 Å². The van der Waals surface area contributed by atoms with Crippen LogP contribution in [0.1, 0.15) is 27.7 Å². The molecule has 122 valence electrons. The minimum absolute atomic E-state index is 0.383. The minimum Gasteiger partial charge on any atom is -0.486 e. The molecule has 0 spiro atoms. The molecule has 1 aromatic carbocycles. The molecule has 0 radical (unpaired) electrons. The molecule has 0 unspecified atom stereocenters. The maximum atomic E-state index is 11.4. The van der Waals surface area contributed by atoms with Crippen LogP contribution in [0.25, 0.3) is 11.0 Å². The average Bonchev–Trinajstić information content (AvgIpc) is 2.47. The normalized spacial score (nSPS) is 10.3. The summed E-state index contributed by atoms with van der Waals surface area (Å²) in [5.41, 5.74) is 2.46. The van der Waals surface area contributed by atoms with Crippen molar-refractivity contribution in [3.63, 3.8) is 0 Å². The number of hydrogen-bond donors (Lipinski definition) is 0. The highest BCUT2D eigenvalue weighted by Gasteiger charge is 2.09. The van der Waals surface area contributed by atoms with Crippen LogP contribution in [-0.2, 0) is 0 Å². The standard InChI is InChI=1S/C19H22O4/c1-13(2)7-9-21-17-11-15-5-6-19(20)23-16(15)12-18(17)22-10-8-14(3)4/h5-8,11-12H,9-10H2,1-4H3. The van der Waals surface area contributed by atoms with E-state index < -0.39 is 0 Å². The highest BCUT2D eigenvalue weighted by molar-refractivity contribution is 5.80. The quantitative estimate of drug-likeness (QED) is 0.582. The van der Waals surface area contributed by atoms with Crippen molar-refractivity contribution in [3.05, 3.63) is 58.0 Å². The van der Waals surface area contributed by atoms with Crippen molar-refractivity contribution in [3.8, 4) is 11.5 Å². The Bertz CT molecular complexity index is 789. The number of allylic oxidation sites excluding steroid dienone is 2. The molecule has 4 heteroatoms. The molecule has 1 aromatic heterocycles. The van der Waals surface area contributed by atoms with Crippen molar-refractivity contribution in [1.82, 2.24) is 0 Å². The maximum absolute atomic E-state index is 11.4. The van der Waals surface area contributed by atoms with Gasteiger partial charge >= 0.3 is 5.63 Å². The number of hydrogen-bond acceptors (Lipinski definition) is 4. The molecule has 2 rings (SSSR count). The van der Waals surface area contributed by atoms with Crippen LogP contribution < -0.4 is 15.1 Å². The van der Waals surface area contributed by atoms with Crippen molar-refractivity contribution in [2.75, 3.05) is 13.2 Å². The van der Waals surface area contributed by atoms with Crippen molar-refractivity contribution >= 4 is 11.0 Å². The van der Waals surface area contributed by atoms with Crippen LogP contribution >= 0.6 is 0 Å². The Morgan fingerprint density at radius 1 is 0.957 bits per heavy atom. The van der Waals surface area contributed by atoms with Gasteiger partial charge in [0.25, 0.3) is 0 Å². The van der Waals surface area contributed by atoms with Crippen LogP contribution in [0.3, 0.4) is 0 Å². The maximum Gasteiger partial charge on any atom is 0.336 e. The smallest absolute Gasteiger partial charge is 0.336 e. The molecule has 0 saturated heterocycles. The summed E-state index contributed by atoms with van der Waals surface area (Å²) < 4.78 is 16.8. The molecule has 0 saturated carbocycles. The van der Waals surface area contributed by atoms with E-state index in [0.29, 0.717) is 30.3 Å². The van der Waals surface area contributed by atoms with Gasteiger partial charge in [0.15, 0.2) is 11.5 Å². The van der Waals surface area contributed by atoms with Gasteiger partial charge in [-0.15, -0.1) is 0 Å². The van der Waals surface area contributed by atoms with Crippen molar-refractivity contribution in [2.24, 2.45) is 0 Å². The highest BCUT2D eigenvalue weighted by atomic mass is 16.5. The Hall–Kier alpha value is -2.49. The first-order valence-corrected chi connectivity index (χ1v) is 7.56. The van der Waals surface area contributed by atoms with E-state index in [1.54, 1.807) is 12.1 Å². The third-order valence-electron chi connectivity index (χ3n) is 3.15. The Balaban J connectivity index is 2.34. The second-order valence-corrected chi connectivity index (χ2v) is 5.78. The lowest BCUT2D eigenvalue weighted by Gasteiger charge is -2.12. The molecule has 0 aliphatic carbocycles. The minimum atomic E-state index is -0.383. The van der Waals surface area contributed by atoms with E-state index in [4.69, 9.17) is 13.9 Å². The summed E-state index contributed by atoms with van der Waals surface area (Å²) in [4.78, 5) is 11.4. The van der Waals surface area contributed by atoms with E-state index in [-0.39, 0.29) is 5.63 Å². The molecule has 23 heavy (non-hydrogen) atoms. The SMILES string of the molecule is CC(C)=CCOc1cc2ccc(=O)oc2cc1OCC=C(C)C. The lowest BCUT2D eigenvalue weighted by Crippen LogP contribution is -2.01. The summed E-state index contributed by atoms with van der Waals surface area (Å²) in [5, 5.41) is 0.798. The lowest BCUT2D eigenvalue weighted by atomic mass is 10.2. The fourth-order valence-corrected chi connectivity index (χ4v) is 1.90. The molecular weight excluding hydrogens is 292 g/mol. The summed E-state index contributed by atoms with van der Waals surface area (Å²) >= 11 is 0. The molecule has 0 aliphatic heterocycles. The van der Waals surface area contributed by atoms with Crippen LogP contribution in [0.2, 0.25) is 0 Å². The Kier molecular flexibility index (Phi) is 5.63. The Morgan fingerprint density at radius 2 is 1.52 bits per heavy atom. The predicted octanol–water partition coefficient (Wildman–Crippen LogP) is 4.48. The van der Waals surface area contributed by atoms with Gasteiger partial charge in [0.1, 0.15) is 18.8 Å². The number of ether oxygens (including phenoxy) is 2. The second kappa shape index (κ2) is 7.68. The zero-order valence-electron chi connectivity index (χ0n) is 14.0. The fraction of sp³-hybridized carbons (Fsp3) is 0.316. The van der Waals surface area contributed by atoms with E-state index in [1.807, 2.05) is 45.9 Å². The van der Waals surface area contributed by atoms with Crippen LogP contribution in [0, 0.1) is 0 Å². The van der Waals surface area contributed by atoms with E-state index in [1.165, 1.54) is 17.2 Å². The van der Waals surface area contributed by atoms with Gasteiger partial charge in [-0.25, -0.2) is 4.79 Å². The van der Waals surface area contributed by atoms with Crippen molar-refractivity contribution < 1.29 is 13.9 Å². The summed E-state index contributed by atoms with van der Waals surface area (Å²) in [7, 11) is 0. The summed E-state index contributed by atoms with van der Waals surface area (Å²) in [6, 6.07) is 6.64. The molecule has 4 nitrogen and oxygen atoms in total. The summed E-state index contributed by atoms with van der Waals surface area (Å²) in [5.74, 6) is 1.19. The summed E-state index contributed by atoms with van der Waals surface area (Å²) in [6.45, 7) is 8.95. The molecule has 0 amide bonds. The van der Waals surface area contributed by atoms with E-state index in [0.717, 1.165) is 5.39 Å². The molecule has 1 heterocycles. The van der Waals surface area contributed by atoms with Gasteiger partial charge in [-0.1, -0.05) is 11.1 Å². The predicted molar refractivity (Wildman–Crippen MR) is 92.3 cm³/mol. The molecule has 2 aromatic rings. The third kappa shape index (κ3) is 5.02. The molecule has 0 atom stereocenters. The lowest BCUT2D eigenvalue weighted by molar-refractivity contribution is 0.307. The monoisotopic (exact) mass is 314 g/mol. The van der Waals surface area contributed by atoms with E-state index in [2.05, 4.69) is 0 Å². The van der Waals surface area contributed by atoms with E-state index in [9.17, 15) is 4.79 Å². The molecule has 0 bridgehead atoms. The van der Waals surface area contributed by atoms with Crippen LogP contribution in [-0.4, -0.2) is 13.2 Å². The van der Waals surface area contributed by atoms with E-state index >= 15 is 0 Å². The van der Waals surface area contributed by atoms with Gasteiger partial charge in [0.05, 0.1) is 0 Å². The van der Waals surface area contributed by atoms with Crippen molar-refractivity contribution in [1.29, 1.82) is 0 Å². The third-order valence-corrected chi connectivity index (χ3v) is 3.15. The first-order chi connectivity index (χ1) is 11.0. The number of benzene rings is 1. The highest BCUT2D eigenvalue weighted by Crippen LogP contribution is 2.32. The second-order valence-electron chi connectivity index (χ2n) is 5.78. The molecule has 0 N–H and O–H groups in total. The largest absolute Gasteiger partial charge is 0.486 e. The first kappa shape index (κ1) is 16.9. The molecule has 0 aliphatic rings.